The third-order valence-corrected chi connectivity index (χ3v) is 10.6. The van der Waals surface area contributed by atoms with E-state index in [1.165, 1.54) is 68.6 Å². The van der Waals surface area contributed by atoms with E-state index < -0.39 is 112 Å². The Kier molecular flexibility index (Phi) is 24.9. The van der Waals surface area contributed by atoms with E-state index in [1.54, 1.807) is 41.5 Å². The van der Waals surface area contributed by atoms with Gasteiger partial charge in [-0.2, -0.15) is 26.3 Å². The zero-order chi connectivity index (χ0) is 58.6. The molecular formula is C52H59BrF8N4O13. The lowest BCUT2D eigenvalue weighted by Gasteiger charge is -2.26. The highest BCUT2D eigenvalue weighted by molar-refractivity contribution is 9.10. The number of halogens is 9. The van der Waals surface area contributed by atoms with Crippen LogP contribution >= 0.6 is 15.9 Å². The molecule has 2 unspecified atom stereocenters. The van der Waals surface area contributed by atoms with Crippen LogP contribution in [-0.2, 0) is 38.1 Å². The number of benzene rings is 2. The zero-order valence-electron chi connectivity index (χ0n) is 43.6. The highest BCUT2D eigenvalue weighted by Gasteiger charge is 2.46. The molecule has 2 fully saturated rings. The second-order valence-corrected chi connectivity index (χ2v) is 19.6. The van der Waals surface area contributed by atoms with Gasteiger partial charge in [0, 0.05) is 71.7 Å². The summed E-state index contributed by atoms with van der Waals surface area (Å²) in [6, 6.07) is 11.9. The van der Waals surface area contributed by atoms with Crippen molar-refractivity contribution in [1.29, 1.82) is 0 Å². The Morgan fingerprint density at radius 1 is 0.718 bits per heavy atom. The smallest absolute Gasteiger partial charge is 0.429 e. The molecule has 4 atom stereocenters. The minimum atomic E-state index is -4.93. The number of ether oxygens (including phenoxy) is 7. The maximum atomic E-state index is 13.9. The van der Waals surface area contributed by atoms with Crippen molar-refractivity contribution in [3.8, 4) is 11.8 Å². The monoisotopic (exact) mass is 1180 g/mol. The van der Waals surface area contributed by atoms with Gasteiger partial charge in [0.25, 0.3) is 0 Å². The number of hydrogen-bond donors (Lipinski definition) is 1. The third kappa shape index (κ3) is 22.2. The van der Waals surface area contributed by atoms with E-state index in [9.17, 15) is 63.9 Å². The number of ketones is 1. The average molecular weight is 1180 g/mol. The number of nitrogens with one attached hydrogen (secondary N) is 1. The predicted molar refractivity (Wildman–Crippen MR) is 265 cm³/mol. The maximum absolute atomic E-state index is 13.9. The highest BCUT2D eigenvalue weighted by atomic mass is 79.9. The summed E-state index contributed by atoms with van der Waals surface area (Å²) in [6.45, 7) is 12.0. The second-order valence-electron chi connectivity index (χ2n) is 18.6. The number of aromatic nitrogens is 2. The zero-order valence-corrected chi connectivity index (χ0v) is 45.2. The van der Waals surface area contributed by atoms with Gasteiger partial charge in [-0.3, -0.25) is 9.59 Å². The largest absolute Gasteiger partial charge is 0.467 e. The number of pyridine rings is 2. The molecule has 0 aliphatic carbocycles. The average Bonchev–Trinajstić information content (AvgIpc) is 4.07. The number of likely N-dealkylation sites (tertiary alicyclic amines) is 1. The van der Waals surface area contributed by atoms with Crippen molar-refractivity contribution in [2.75, 3.05) is 27.4 Å². The third-order valence-electron chi connectivity index (χ3n) is 10.1. The minimum Gasteiger partial charge on any atom is -0.467 e. The van der Waals surface area contributed by atoms with Crippen LogP contribution in [0.1, 0.15) is 114 Å². The molecule has 4 heterocycles. The number of imide groups is 1. The summed E-state index contributed by atoms with van der Waals surface area (Å²) in [6.07, 6.45) is -11.4. The fraction of sp³-hybridized carbons (Fsp3) is 0.462. The molecule has 3 amide bonds. The van der Waals surface area contributed by atoms with Crippen LogP contribution in [0, 0.1) is 11.6 Å². The van der Waals surface area contributed by atoms with Crippen LogP contribution in [0.15, 0.2) is 89.7 Å². The number of alkyl halides is 6. The molecule has 0 radical (unpaired) electrons. The number of amides is 3. The van der Waals surface area contributed by atoms with E-state index in [2.05, 4.69) is 40.7 Å². The molecule has 0 bridgehead atoms. The van der Waals surface area contributed by atoms with Gasteiger partial charge in [-0.05, 0) is 107 Å². The molecular weight excluding hydrogens is 1120 g/mol. The van der Waals surface area contributed by atoms with Crippen LogP contribution in [0.5, 0.6) is 11.8 Å². The minimum absolute atomic E-state index is 0.0256. The first kappa shape index (κ1) is 65.3. The fourth-order valence-electron chi connectivity index (χ4n) is 6.63. The quantitative estimate of drug-likeness (QED) is 0.0571. The summed E-state index contributed by atoms with van der Waals surface area (Å²) in [5.41, 5.74) is -2.78. The SMILES string of the molecule is C1CCOC1.COC(=O)[C@@H]1CCC(=O)N1C(=O)OC(C)(C)C.COC(=O)[C@H](CCC(=O)c1ccc(OC(c2ccccc2F)C(F)(F)F)nc1)NC(=O)OC(C)(C)C.Fc1ccccc1C(Oc1ccc(Br)cn1)C(F)(F)F. The summed E-state index contributed by atoms with van der Waals surface area (Å²) in [5, 5.41) is 2.34. The van der Waals surface area contributed by atoms with E-state index in [0.717, 1.165) is 61.8 Å². The van der Waals surface area contributed by atoms with Crippen molar-refractivity contribution >= 4 is 51.7 Å². The summed E-state index contributed by atoms with van der Waals surface area (Å²) in [7, 11) is 2.34. The molecule has 6 rings (SSSR count). The Hall–Kier alpha value is -6.96. The van der Waals surface area contributed by atoms with Crippen molar-refractivity contribution in [2.45, 2.75) is 128 Å². The van der Waals surface area contributed by atoms with Crippen LogP contribution in [0.2, 0.25) is 0 Å². The lowest BCUT2D eigenvalue weighted by Crippen LogP contribution is -2.45. The standard InChI is InChI=1S/C24H26F4N2O6.C13H8BrF4NO.C11H17NO5.C4H8O/c1-23(2,3)36-22(33)30-17(21(32)34-4)10-11-18(31)14-9-12-19(29-13-14)35-20(24(26,27)28)15-7-5-6-8-16(15)25;14-8-5-6-11(19-7-8)20-12(13(16,17)18)9-3-1-2-4-10(9)15;1-11(2,3)17-10(15)12-7(9(14)16-4)5-6-8(12)13;1-2-4-5-3-1/h5-9,12-13,17,20H,10-11H2,1-4H3,(H,30,33);1-7,12H;7H,5-6H2,1-4H3;1-4H2/t17-,20?;;7-;/m0.0./s1. The molecule has 2 aromatic carbocycles. The van der Waals surface area contributed by atoms with Gasteiger partial charge in [-0.25, -0.2) is 42.8 Å². The molecule has 2 aliphatic rings. The van der Waals surface area contributed by atoms with Crippen LogP contribution < -0.4 is 14.8 Å². The molecule has 0 saturated carbocycles. The van der Waals surface area contributed by atoms with Gasteiger partial charge in [0.05, 0.1) is 14.2 Å². The van der Waals surface area contributed by atoms with Gasteiger partial charge in [0.15, 0.2) is 5.78 Å². The van der Waals surface area contributed by atoms with Crippen LogP contribution in [0.3, 0.4) is 0 Å². The lowest BCUT2D eigenvalue weighted by molar-refractivity contribution is -0.199. The fourth-order valence-corrected chi connectivity index (χ4v) is 6.87. The van der Waals surface area contributed by atoms with Crippen molar-refractivity contribution < 1.29 is 97.0 Å². The number of alkyl carbamates (subject to hydrolysis) is 1. The van der Waals surface area contributed by atoms with Gasteiger partial charge in [-0.15, -0.1) is 0 Å². The van der Waals surface area contributed by atoms with Gasteiger partial charge in [0.1, 0.15) is 34.9 Å². The second kappa shape index (κ2) is 29.7. The van der Waals surface area contributed by atoms with Crippen LogP contribution in [-0.4, -0.2) is 114 Å². The van der Waals surface area contributed by atoms with Crippen LogP contribution in [0.25, 0.3) is 0 Å². The van der Waals surface area contributed by atoms with Gasteiger partial charge < -0.3 is 38.5 Å². The number of esters is 2. The summed E-state index contributed by atoms with van der Waals surface area (Å²) >= 11 is 3.11. The molecule has 78 heavy (non-hydrogen) atoms. The van der Waals surface area contributed by atoms with Crippen molar-refractivity contribution in [2.24, 2.45) is 0 Å². The lowest BCUT2D eigenvalue weighted by atomic mass is 10.0. The summed E-state index contributed by atoms with van der Waals surface area (Å²) in [4.78, 5) is 79.5. The van der Waals surface area contributed by atoms with Crippen molar-refractivity contribution in [3.63, 3.8) is 0 Å². The first-order chi connectivity index (χ1) is 36.3. The van der Waals surface area contributed by atoms with Gasteiger partial charge >= 0.3 is 36.5 Å². The number of hydrogen-bond acceptors (Lipinski definition) is 15. The van der Waals surface area contributed by atoms with E-state index in [-0.39, 0.29) is 37.1 Å². The highest BCUT2D eigenvalue weighted by Crippen LogP contribution is 2.39. The number of rotatable bonds is 13. The van der Waals surface area contributed by atoms with Gasteiger partial charge in [-0.1, -0.05) is 36.4 Å². The molecule has 26 heteroatoms. The number of carbonyl (C=O) groups is 6. The maximum Gasteiger partial charge on any atom is 0.429 e. The predicted octanol–water partition coefficient (Wildman–Crippen LogP) is 11.5. The number of methoxy groups -OCH3 is 2. The summed E-state index contributed by atoms with van der Waals surface area (Å²) in [5.74, 6) is -5.08. The first-order valence-electron chi connectivity index (χ1n) is 23.7. The Balaban J connectivity index is 0.000000318. The Morgan fingerprint density at radius 2 is 1.22 bits per heavy atom. The topological polar surface area (TPSA) is 208 Å². The number of nitrogens with zero attached hydrogens (tertiary/aromatic N) is 3. The first-order valence-corrected chi connectivity index (χ1v) is 24.5. The molecule has 2 saturated heterocycles. The molecule has 17 nitrogen and oxygen atoms in total. The Bertz CT molecular complexity index is 2600. The molecule has 428 valence electrons. The van der Waals surface area contributed by atoms with Crippen molar-refractivity contribution in [3.05, 3.63) is 118 Å². The van der Waals surface area contributed by atoms with Gasteiger partial charge in [0.2, 0.25) is 29.9 Å². The van der Waals surface area contributed by atoms with E-state index in [4.69, 9.17) is 23.7 Å². The molecule has 2 aliphatic heterocycles. The van der Waals surface area contributed by atoms with E-state index >= 15 is 0 Å². The number of carbonyl (C=O) groups excluding carboxylic acids is 6. The van der Waals surface area contributed by atoms with Crippen molar-refractivity contribution in [1.82, 2.24) is 20.2 Å². The molecule has 4 aromatic rings. The summed E-state index contributed by atoms with van der Waals surface area (Å²) < 4.78 is 142. The van der Waals surface area contributed by atoms with E-state index in [1.807, 2.05) is 0 Å². The van der Waals surface area contributed by atoms with E-state index in [0.29, 0.717) is 4.47 Å². The molecule has 1 N–H and O–H groups in total. The Labute approximate surface area is 452 Å². The molecule has 2 aromatic heterocycles. The molecule has 0 spiro atoms. The Morgan fingerprint density at radius 3 is 1.62 bits per heavy atom. The number of Topliss-reactive ketones (excluding diaryl/α,β-unsaturated/α-hetero) is 1. The van der Waals surface area contributed by atoms with Crippen LogP contribution in [0.4, 0.5) is 44.7 Å². The normalized spacial score (nSPS) is 15.5.